The number of nitrogens with zero attached hydrogens (tertiary/aromatic N) is 4. The van der Waals surface area contributed by atoms with Crippen LogP contribution in [0.15, 0.2) is 82.8 Å². The Morgan fingerprint density at radius 3 is 1.40 bits per heavy atom. The summed E-state index contributed by atoms with van der Waals surface area (Å²) in [6, 6.07) is 25.7. The zero-order chi connectivity index (χ0) is 28.3. The van der Waals surface area contributed by atoms with E-state index in [1.54, 1.807) is 0 Å². The first-order chi connectivity index (χ1) is 20.6. The lowest BCUT2D eigenvalue weighted by Gasteiger charge is -2.22. The second-order valence-electron chi connectivity index (χ2n) is 11.2. The maximum atomic E-state index is 6.67. The van der Waals surface area contributed by atoms with E-state index < -0.39 is 0 Å². The van der Waals surface area contributed by atoms with Gasteiger partial charge in [-0.3, -0.25) is 0 Å². The van der Waals surface area contributed by atoms with E-state index in [1.807, 2.05) is 0 Å². The van der Waals surface area contributed by atoms with Gasteiger partial charge in [-0.1, -0.05) is 36.4 Å². The molecule has 0 saturated carbocycles. The maximum Gasteiger partial charge on any atom is 0.158 e. The molecule has 0 fully saturated rings. The molecule has 42 heavy (non-hydrogen) atoms. The van der Waals surface area contributed by atoms with Crippen LogP contribution >= 0.6 is 0 Å². The van der Waals surface area contributed by atoms with Crippen LogP contribution in [0.1, 0.15) is 25.0 Å². The Morgan fingerprint density at radius 2 is 0.976 bits per heavy atom. The van der Waals surface area contributed by atoms with Crippen LogP contribution in [0.3, 0.4) is 0 Å². The van der Waals surface area contributed by atoms with Crippen LogP contribution < -0.4 is 20.2 Å². The van der Waals surface area contributed by atoms with Gasteiger partial charge in [-0.05, 0) is 52.0 Å². The van der Waals surface area contributed by atoms with E-state index in [0.29, 0.717) is 0 Å². The molecule has 0 N–H and O–H groups in total. The monoisotopic (exact) mass is 548 g/mol. The van der Waals surface area contributed by atoms with Gasteiger partial charge in [0.15, 0.2) is 23.0 Å². The number of hydrogen-bond acceptors (Lipinski definition) is 4. The Morgan fingerprint density at radius 1 is 0.548 bits per heavy atom. The Bertz CT molecular complexity index is 2290. The summed E-state index contributed by atoms with van der Waals surface area (Å²) < 4.78 is 18.0. The minimum absolute atomic E-state index is 0.747. The second kappa shape index (κ2) is 8.23. The quantitative estimate of drug-likeness (QED) is 0.217. The molecule has 0 aliphatic carbocycles. The molecule has 7 aromatic rings. The van der Waals surface area contributed by atoms with E-state index in [-0.39, 0.29) is 0 Å². The lowest BCUT2D eigenvalue weighted by Crippen LogP contribution is -2.25. The van der Waals surface area contributed by atoms with Crippen molar-refractivity contribution in [3.63, 3.8) is 0 Å². The number of para-hydroxylation sites is 2. The van der Waals surface area contributed by atoms with Gasteiger partial charge in [-0.15, -0.1) is 0 Å². The Hall–Kier alpha value is -5.10. The van der Waals surface area contributed by atoms with E-state index in [9.17, 15) is 0 Å². The summed E-state index contributed by atoms with van der Waals surface area (Å²) in [6.45, 7) is 10.2. The summed E-state index contributed by atoms with van der Waals surface area (Å²) in [4.78, 5) is 10.3. The fraction of sp³-hybridized carbons (Fsp3) is 0.167. The van der Waals surface area contributed by atoms with Crippen molar-refractivity contribution in [3.05, 3.63) is 94.6 Å². The Kier molecular flexibility index (Phi) is 4.62. The highest BCUT2D eigenvalue weighted by molar-refractivity contribution is 6.10. The van der Waals surface area contributed by atoms with E-state index >= 15 is 0 Å². The van der Waals surface area contributed by atoms with Crippen LogP contribution in [-0.2, 0) is 13.1 Å². The highest BCUT2D eigenvalue weighted by atomic mass is 16.5. The van der Waals surface area contributed by atoms with Gasteiger partial charge < -0.3 is 18.6 Å². The largest absolute Gasteiger partial charge is 0.452 e. The molecule has 0 spiro atoms. The van der Waals surface area contributed by atoms with Crippen molar-refractivity contribution in [2.24, 2.45) is 9.98 Å². The van der Waals surface area contributed by atoms with Crippen LogP contribution in [-0.4, -0.2) is 9.13 Å². The maximum absolute atomic E-state index is 6.67. The van der Waals surface area contributed by atoms with E-state index in [4.69, 9.17) is 19.5 Å². The van der Waals surface area contributed by atoms with Crippen LogP contribution in [0.2, 0.25) is 0 Å². The summed E-state index contributed by atoms with van der Waals surface area (Å²) in [5.74, 6) is 3.02. The van der Waals surface area contributed by atoms with Gasteiger partial charge in [0.25, 0.3) is 0 Å². The van der Waals surface area contributed by atoms with Gasteiger partial charge in [-0.2, -0.15) is 0 Å². The normalized spacial score (nSPS) is 13.2. The minimum Gasteiger partial charge on any atom is -0.452 e. The molecule has 0 saturated heterocycles. The predicted octanol–water partition coefficient (Wildman–Crippen LogP) is 8.67. The van der Waals surface area contributed by atoms with E-state index in [0.717, 1.165) is 80.3 Å². The summed E-state index contributed by atoms with van der Waals surface area (Å²) in [5.41, 5.74) is 8.27. The average Bonchev–Trinajstić information content (AvgIpc) is 3.50. The predicted molar refractivity (Wildman–Crippen MR) is 168 cm³/mol. The fourth-order valence-corrected chi connectivity index (χ4v) is 7.04. The Labute approximate surface area is 241 Å². The topological polar surface area (TPSA) is 53.0 Å². The SMILES string of the molecule is CCn1c2ccccc2c2cc3c(cc21)Oc1c(C)c2c(c(C)c1=N3)Oc1cc3c(cc1N=2)c1ccccc1n3CC. The second-order valence-corrected chi connectivity index (χ2v) is 11.2. The summed E-state index contributed by atoms with van der Waals surface area (Å²) in [7, 11) is 0. The molecule has 2 aliphatic heterocycles. The van der Waals surface area contributed by atoms with E-state index in [2.05, 4.69) is 110 Å². The van der Waals surface area contributed by atoms with Crippen molar-refractivity contribution < 1.29 is 9.47 Å². The molecule has 0 radical (unpaired) electrons. The van der Waals surface area contributed by atoms with E-state index in [1.165, 1.54) is 32.6 Å². The molecule has 0 atom stereocenters. The van der Waals surface area contributed by atoms with Crippen LogP contribution in [0.5, 0.6) is 23.0 Å². The molecule has 5 aromatic carbocycles. The van der Waals surface area contributed by atoms with Gasteiger partial charge in [0.05, 0.1) is 11.0 Å². The van der Waals surface area contributed by atoms with Crippen molar-refractivity contribution >= 4 is 55.0 Å². The van der Waals surface area contributed by atoms with Crippen LogP contribution in [0.25, 0.3) is 43.6 Å². The zero-order valence-electron chi connectivity index (χ0n) is 23.9. The molecule has 2 aromatic heterocycles. The number of aromatic nitrogens is 2. The molecule has 6 heteroatoms. The average molecular weight is 549 g/mol. The molecule has 6 nitrogen and oxygen atoms in total. The highest BCUT2D eigenvalue weighted by Crippen LogP contribution is 2.45. The number of hydrogen-bond donors (Lipinski definition) is 0. The first kappa shape index (κ1) is 23.6. The number of aryl methyl sites for hydroxylation is 2. The smallest absolute Gasteiger partial charge is 0.158 e. The third-order valence-electron chi connectivity index (χ3n) is 9.05. The molecular weight excluding hydrogens is 520 g/mol. The van der Waals surface area contributed by atoms with Crippen LogP contribution in [0, 0.1) is 13.8 Å². The molecule has 2 aliphatic rings. The fourth-order valence-electron chi connectivity index (χ4n) is 7.04. The number of fused-ring (bicyclic) bond motifs is 10. The number of rotatable bonds is 2. The molecule has 9 rings (SSSR count). The molecule has 4 heterocycles. The summed E-state index contributed by atoms with van der Waals surface area (Å²) in [6.07, 6.45) is 0. The van der Waals surface area contributed by atoms with Gasteiger partial charge in [0, 0.05) is 68.9 Å². The third kappa shape index (κ3) is 2.93. The highest BCUT2D eigenvalue weighted by Gasteiger charge is 2.27. The third-order valence-corrected chi connectivity index (χ3v) is 9.05. The number of ether oxygens (including phenoxy) is 2. The first-order valence-electron chi connectivity index (χ1n) is 14.6. The van der Waals surface area contributed by atoms with Gasteiger partial charge in [0.2, 0.25) is 0 Å². The molecule has 0 bridgehead atoms. The van der Waals surface area contributed by atoms with Crippen LogP contribution in [0.4, 0.5) is 11.4 Å². The number of benzene rings is 5. The molecular formula is C36H28N4O2. The van der Waals surface area contributed by atoms with Crippen molar-refractivity contribution in [1.82, 2.24) is 9.13 Å². The van der Waals surface area contributed by atoms with Gasteiger partial charge in [-0.25, -0.2) is 9.98 Å². The van der Waals surface area contributed by atoms with Crippen molar-refractivity contribution in [2.45, 2.75) is 40.8 Å². The lowest BCUT2D eigenvalue weighted by atomic mass is 10.0. The van der Waals surface area contributed by atoms with Gasteiger partial charge >= 0.3 is 0 Å². The molecule has 0 unspecified atom stereocenters. The minimum atomic E-state index is 0.747. The zero-order valence-corrected chi connectivity index (χ0v) is 23.9. The Balaban J connectivity index is 1.28. The summed E-state index contributed by atoms with van der Waals surface area (Å²) >= 11 is 0. The van der Waals surface area contributed by atoms with Crippen molar-refractivity contribution in [3.8, 4) is 23.0 Å². The van der Waals surface area contributed by atoms with Crippen molar-refractivity contribution in [1.29, 1.82) is 0 Å². The first-order valence-corrected chi connectivity index (χ1v) is 14.6. The van der Waals surface area contributed by atoms with Crippen molar-refractivity contribution in [2.75, 3.05) is 0 Å². The molecule has 0 amide bonds. The lowest BCUT2D eigenvalue weighted by molar-refractivity contribution is 0.443. The van der Waals surface area contributed by atoms with Gasteiger partial charge in [0.1, 0.15) is 22.1 Å². The summed E-state index contributed by atoms with van der Waals surface area (Å²) in [5, 5.41) is 6.44. The molecule has 204 valence electrons. The standard InChI is InChI=1S/C36H28N4O2/c1-5-39-27-13-9-7-11-21(27)23-15-25-31(17-29(23)39)41-35-19(3)34-36(20(4)33(35)37-25)42-32-18-30-24(16-26(32)38-34)22-12-8-10-14-28(22)40(30)6-2/h7-18H,5-6H2,1-4H3.